The summed E-state index contributed by atoms with van der Waals surface area (Å²) in [4.78, 5) is 24.2. The Bertz CT molecular complexity index is 547. The highest BCUT2D eigenvalue weighted by Gasteiger charge is 2.23. The van der Waals surface area contributed by atoms with Crippen molar-refractivity contribution in [3.05, 3.63) is 35.4 Å². The predicted molar refractivity (Wildman–Crippen MR) is 96.1 cm³/mol. The molecule has 2 atom stereocenters. The Morgan fingerprint density at radius 3 is 2.25 bits per heavy atom. The molecule has 0 aliphatic rings. The smallest absolute Gasteiger partial charge is 0.407 e. The van der Waals surface area contributed by atoms with E-state index in [2.05, 4.69) is 17.6 Å². The Morgan fingerprint density at radius 2 is 1.75 bits per heavy atom. The highest BCUT2D eigenvalue weighted by atomic mass is 16.6. The second-order valence-corrected chi connectivity index (χ2v) is 7.21. The molecule has 0 saturated heterocycles. The summed E-state index contributed by atoms with van der Waals surface area (Å²) >= 11 is 0. The first-order valence-electron chi connectivity index (χ1n) is 8.46. The van der Waals surface area contributed by atoms with Crippen LogP contribution >= 0.6 is 0 Å². The molecule has 0 fully saturated rings. The molecular formula is C19H30N2O3. The molecule has 0 aliphatic carbocycles. The molecule has 1 aromatic rings. The summed E-state index contributed by atoms with van der Waals surface area (Å²) < 4.78 is 5.30. The third-order valence-corrected chi connectivity index (χ3v) is 3.83. The van der Waals surface area contributed by atoms with Crippen LogP contribution in [0.3, 0.4) is 0 Å². The molecule has 0 spiro atoms. The van der Waals surface area contributed by atoms with E-state index in [0.717, 1.165) is 12.0 Å². The van der Waals surface area contributed by atoms with E-state index in [9.17, 15) is 9.59 Å². The molecule has 134 valence electrons. The van der Waals surface area contributed by atoms with Gasteiger partial charge in [0.15, 0.2) is 0 Å². The van der Waals surface area contributed by atoms with Crippen molar-refractivity contribution in [2.24, 2.45) is 5.92 Å². The molecule has 2 unspecified atom stereocenters. The van der Waals surface area contributed by atoms with Gasteiger partial charge in [-0.25, -0.2) is 4.79 Å². The molecule has 0 aliphatic heterocycles. The first-order valence-corrected chi connectivity index (χ1v) is 8.46. The van der Waals surface area contributed by atoms with Gasteiger partial charge in [-0.3, -0.25) is 4.79 Å². The number of benzene rings is 1. The average Bonchev–Trinajstić information content (AvgIpc) is 2.49. The predicted octanol–water partition coefficient (Wildman–Crippen LogP) is 3.66. The fourth-order valence-electron chi connectivity index (χ4n) is 2.15. The third kappa shape index (κ3) is 7.02. The highest BCUT2D eigenvalue weighted by Crippen LogP contribution is 2.11. The molecular weight excluding hydrogens is 304 g/mol. The van der Waals surface area contributed by atoms with Gasteiger partial charge in [0.1, 0.15) is 5.60 Å². The number of hydrogen-bond acceptors (Lipinski definition) is 3. The normalized spacial score (nSPS) is 13.8. The Morgan fingerprint density at radius 1 is 1.17 bits per heavy atom. The maximum Gasteiger partial charge on any atom is 0.407 e. The summed E-state index contributed by atoms with van der Waals surface area (Å²) in [5.41, 5.74) is 1.17. The lowest BCUT2D eigenvalue weighted by atomic mass is 9.99. The van der Waals surface area contributed by atoms with Crippen LogP contribution in [0.15, 0.2) is 24.3 Å². The number of carbonyl (C=O) groups excluding carboxylic acids is 2. The quantitative estimate of drug-likeness (QED) is 0.834. The van der Waals surface area contributed by atoms with Crippen LogP contribution in [0.2, 0.25) is 0 Å². The maximum absolute atomic E-state index is 12.2. The number of hydrogen-bond donors (Lipinski definition) is 2. The molecule has 2 amide bonds. The van der Waals surface area contributed by atoms with Crippen LogP contribution in [-0.2, 0) is 4.74 Å². The molecule has 24 heavy (non-hydrogen) atoms. The second-order valence-electron chi connectivity index (χ2n) is 7.21. The van der Waals surface area contributed by atoms with Gasteiger partial charge in [-0.2, -0.15) is 0 Å². The van der Waals surface area contributed by atoms with Crippen molar-refractivity contribution in [3.8, 4) is 0 Å². The summed E-state index contributed by atoms with van der Waals surface area (Å²) in [7, 11) is 0. The van der Waals surface area contributed by atoms with Gasteiger partial charge in [-0.1, -0.05) is 38.0 Å². The van der Waals surface area contributed by atoms with Gasteiger partial charge in [0.05, 0.1) is 6.04 Å². The molecule has 5 heteroatoms. The van der Waals surface area contributed by atoms with Crippen LogP contribution in [0, 0.1) is 12.8 Å². The van der Waals surface area contributed by atoms with Crippen molar-refractivity contribution in [2.75, 3.05) is 6.54 Å². The van der Waals surface area contributed by atoms with Gasteiger partial charge in [-0.05, 0) is 45.7 Å². The number of rotatable bonds is 6. The van der Waals surface area contributed by atoms with E-state index < -0.39 is 11.7 Å². The van der Waals surface area contributed by atoms with E-state index in [4.69, 9.17) is 4.74 Å². The standard InChI is InChI=1S/C19H30N2O3/c1-7-14(3)16(21-18(23)24-19(4,5)6)12-20-17(22)15-10-8-13(2)9-11-15/h8-11,14,16H,7,12H2,1-6H3,(H,20,22)(H,21,23). The Hall–Kier alpha value is -2.04. The number of aryl methyl sites for hydroxylation is 1. The summed E-state index contributed by atoms with van der Waals surface area (Å²) in [6, 6.07) is 7.22. The highest BCUT2D eigenvalue weighted by molar-refractivity contribution is 5.94. The van der Waals surface area contributed by atoms with Gasteiger partial charge in [0, 0.05) is 12.1 Å². The van der Waals surface area contributed by atoms with Crippen molar-refractivity contribution in [1.82, 2.24) is 10.6 Å². The minimum atomic E-state index is -0.546. The summed E-state index contributed by atoms with van der Waals surface area (Å²) in [6.45, 7) is 11.9. The van der Waals surface area contributed by atoms with Gasteiger partial charge in [-0.15, -0.1) is 0 Å². The van der Waals surface area contributed by atoms with Gasteiger partial charge >= 0.3 is 6.09 Å². The van der Waals surface area contributed by atoms with E-state index in [1.807, 2.05) is 46.8 Å². The van der Waals surface area contributed by atoms with E-state index >= 15 is 0 Å². The van der Waals surface area contributed by atoms with Crippen LogP contribution in [0.25, 0.3) is 0 Å². The lowest BCUT2D eigenvalue weighted by Gasteiger charge is -2.27. The summed E-state index contributed by atoms with van der Waals surface area (Å²) in [5, 5.41) is 5.76. The zero-order chi connectivity index (χ0) is 18.3. The fraction of sp³-hybridized carbons (Fsp3) is 0.579. The number of amides is 2. The molecule has 0 bridgehead atoms. The van der Waals surface area contributed by atoms with Crippen LogP contribution in [0.1, 0.15) is 57.0 Å². The third-order valence-electron chi connectivity index (χ3n) is 3.83. The minimum Gasteiger partial charge on any atom is -0.444 e. The lowest BCUT2D eigenvalue weighted by Crippen LogP contribution is -2.48. The molecule has 0 aromatic heterocycles. The average molecular weight is 334 g/mol. The Kier molecular flexibility index (Phi) is 7.26. The van der Waals surface area contributed by atoms with Crippen molar-refractivity contribution >= 4 is 12.0 Å². The summed E-state index contributed by atoms with van der Waals surface area (Å²) in [5.74, 6) is 0.0742. The first-order chi connectivity index (χ1) is 11.1. The number of carbonyl (C=O) groups is 2. The van der Waals surface area contributed by atoms with Gasteiger partial charge in [0.2, 0.25) is 0 Å². The van der Waals surface area contributed by atoms with Crippen LogP contribution in [0.5, 0.6) is 0 Å². The van der Waals surface area contributed by atoms with Crippen LogP contribution in [0.4, 0.5) is 4.79 Å². The van der Waals surface area contributed by atoms with Crippen molar-refractivity contribution in [3.63, 3.8) is 0 Å². The van der Waals surface area contributed by atoms with E-state index in [1.54, 1.807) is 12.1 Å². The van der Waals surface area contributed by atoms with E-state index in [1.165, 1.54) is 0 Å². The van der Waals surface area contributed by atoms with Gasteiger partial charge < -0.3 is 15.4 Å². The molecule has 1 rings (SSSR count). The van der Waals surface area contributed by atoms with Crippen molar-refractivity contribution in [2.45, 2.75) is 59.6 Å². The molecule has 5 nitrogen and oxygen atoms in total. The van der Waals surface area contributed by atoms with Crippen molar-refractivity contribution < 1.29 is 14.3 Å². The molecule has 1 aromatic carbocycles. The zero-order valence-corrected chi connectivity index (χ0v) is 15.6. The second kappa shape index (κ2) is 8.71. The van der Waals surface area contributed by atoms with Crippen LogP contribution < -0.4 is 10.6 Å². The SMILES string of the molecule is CCC(C)C(CNC(=O)c1ccc(C)cc1)NC(=O)OC(C)(C)C. The van der Waals surface area contributed by atoms with E-state index in [0.29, 0.717) is 12.1 Å². The first kappa shape index (κ1) is 20.0. The number of ether oxygens (including phenoxy) is 1. The zero-order valence-electron chi connectivity index (χ0n) is 15.6. The van der Waals surface area contributed by atoms with Gasteiger partial charge in [0.25, 0.3) is 5.91 Å². The van der Waals surface area contributed by atoms with Crippen LogP contribution in [-0.4, -0.2) is 30.2 Å². The Balaban J connectivity index is 2.64. The molecule has 0 saturated carbocycles. The number of nitrogens with one attached hydrogen (secondary N) is 2. The molecule has 0 radical (unpaired) electrons. The fourth-order valence-corrected chi connectivity index (χ4v) is 2.15. The monoisotopic (exact) mass is 334 g/mol. The largest absolute Gasteiger partial charge is 0.444 e. The summed E-state index contributed by atoms with van der Waals surface area (Å²) in [6.07, 6.45) is 0.429. The topological polar surface area (TPSA) is 67.4 Å². The molecule has 0 heterocycles. The van der Waals surface area contributed by atoms with E-state index in [-0.39, 0.29) is 17.9 Å². The van der Waals surface area contributed by atoms with Crippen molar-refractivity contribution in [1.29, 1.82) is 0 Å². The minimum absolute atomic E-state index is 0.144. The maximum atomic E-state index is 12.2. The Labute approximate surface area is 145 Å². The molecule has 2 N–H and O–H groups in total. The lowest BCUT2D eigenvalue weighted by molar-refractivity contribution is 0.0484. The number of alkyl carbamates (subject to hydrolysis) is 1.